The summed E-state index contributed by atoms with van der Waals surface area (Å²) in [5.41, 5.74) is 1.03. The van der Waals surface area contributed by atoms with Crippen LogP contribution >= 0.6 is 0 Å². The fraction of sp³-hybridized carbons (Fsp3) is 0.524. The lowest BCUT2D eigenvalue weighted by atomic mass is 9.93. The van der Waals surface area contributed by atoms with Gasteiger partial charge in [-0.05, 0) is 50.7 Å². The number of piperidine rings is 2. The Morgan fingerprint density at radius 1 is 1.00 bits per heavy atom. The summed E-state index contributed by atoms with van der Waals surface area (Å²) >= 11 is 0. The van der Waals surface area contributed by atoms with Crippen molar-refractivity contribution in [2.75, 3.05) is 19.6 Å². The van der Waals surface area contributed by atoms with Gasteiger partial charge in [0.05, 0.1) is 0 Å². The first-order valence-electron chi connectivity index (χ1n) is 9.47. The average Bonchev–Trinajstić information content (AvgIpc) is 2.67. The quantitative estimate of drug-likeness (QED) is 0.792. The van der Waals surface area contributed by atoms with Crippen LogP contribution in [0.25, 0.3) is 6.08 Å². The molecule has 2 aliphatic rings. The monoisotopic (exact) mass is 340 g/mol. The van der Waals surface area contributed by atoms with Gasteiger partial charge in [-0.15, -0.1) is 0 Å². The molecule has 134 valence electrons. The van der Waals surface area contributed by atoms with Crippen molar-refractivity contribution in [2.24, 2.45) is 5.92 Å². The summed E-state index contributed by atoms with van der Waals surface area (Å²) < 4.78 is 0. The Morgan fingerprint density at radius 2 is 1.72 bits per heavy atom. The minimum Gasteiger partial charge on any atom is -0.340 e. The van der Waals surface area contributed by atoms with Crippen LogP contribution in [0.15, 0.2) is 36.4 Å². The van der Waals surface area contributed by atoms with Crippen molar-refractivity contribution in [3.8, 4) is 0 Å². The number of rotatable bonds is 3. The maximum atomic E-state index is 12.8. The van der Waals surface area contributed by atoms with Crippen LogP contribution in [0.1, 0.15) is 44.6 Å². The largest absolute Gasteiger partial charge is 0.340 e. The molecule has 3 rings (SSSR count). The number of hydrogen-bond acceptors (Lipinski definition) is 2. The van der Waals surface area contributed by atoms with Crippen LogP contribution in [-0.2, 0) is 9.59 Å². The topological polar surface area (TPSA) is 40.6 Å². The maximum Gasteiger partial charge on any atom is 0.246 e. The molecule has 2 heterocycles. The molecule has 1 aromatic rings. The molecule has 1 aromatic carbocycles. The Hall–Kier alpha value is -2.10. The first-order valence-corrected chi connectivity index (χ1v) is 9.47. The van der Waals surface area contributed by atoms with Gasteiger partial charge < -0.3 is 9.80 Å². The van der Waals surface area contributed by atoms with E-state index in [2.05, 4.69) is 11.8 Å². The highest BCUT2D eigenvalue weighted by molar-refractivity contribution is 5.92. The SMILES string of the molecule is CC1CCCCN1C(=O)C1CCN(C(=O)/C=C/c2ccccc2)CC1. The van der Waals surface area contributed by atoms with Crippen LogP contribution in [0.2, 0.25) is 0 Å². The van der Waals surface area contributed by atoms with E-state index in [1.165, 1.54) is 6.42 Å². The molecule has 2 saturated heterocycles. The molecule has 4 heteroatoms. The van der Waals surface area contributed by atoms with Crippen LogP contribution in [0.4, 0.5) is 0 Å². The van der Waals surface area contributed by atoms with Crippen molar-refractivity contribution in [2.45, 2.75) is 45.1 Å². The summed E-state index contributed by atoms with van der Waals surface area (Å²) in [6.07, 6.45) is 8.54. The molecule has 0 aliphatic carbocycles. The Balaban J connectivity index is 1.50. The van der Waals surface area contributed by atoms with Gasteiger partial charge in [0, 0.05) is 37.7 Å². The van der Waals surface area contributed by atoms with Crippen molar-refractivity contribution in [1.29, 1.82) is 0 Å². The highest BCUT2D eigenvalue weighted by Gasteiger charge is 2.32. The van der Waals surface area contributed by atoms with Gasteiger partial charge in [-0.1, -0.05) is 30.3 Å². The predicted molar refractivity (Wildman–Crippen MR) is 99.8 cm³/mol. The van der Waals surface area contributed by atoms with E-state index < -0.39 is 0 Å². The van der Waals surface area contributed by atoms with Gasteiger partial charge in [0.15, 0.2) is 0 Å². The summed E-state index contributed by atoms with van der Waals surface area (Å²) in [6.45, 7) is 4.41. The maximum absolute atomic E-state index is 12.8. The second kappa shape index (κ2) is 8.32. The Morgan fingerprint density at radius 3 is 2.40 bits per heavy atom. The molecule has 0 saturated carbocycles. The Kier molecular flexibility index (Phi) is 5.90. The zero-order chi connectivity index (χ0) is 17.6. The number of carbonyl (C=O) groups excluding carboxylic acids is 2. The number of amides is 2. The van der Waals surface area contributed by atoms with E-state index in [1.807, 2.05) is 41.3 Å². The molecule has 1 atom stereocenters. The van der Waals surface area contributed by atoms with Gasteiger partial charge in [-0.3, -0.25) is 9.59 Å². The third-order valence-electron chi connectivity index (χ3n) is 5.46. The van der Waals surface area contributed by atoms with Crippen LogP contribution < -0.4 is 0 Å². The van der Waals surface area contributed by atoms with Gasteiger partial charge >= 0.3 is 0 Å². The number of benzene rings is 1. The van der Waals surface area contributed by atoms with Crippen LogP contribution in [-0.4, -0.2) is 47.3 Å². The highest BCUT2D eigenvalue weighted by Crippen LogP contribution is 2.24. The minimum absolute atomic E-state index is 0.0427. The highest BCUT2D eigenvalue weighted by atomic mass is 16.2. The van der Waals surface area contributed by atoms with Gasteiger partial charge in [0.1, 0.15) is 0 Å². The first kappa shape index (κ1) is 17.7. The molecule has 0 spiro atoms. The van der Waals surface area contributed by atoms with E-state index in [0.29, 0.717) is 25.0 Å². The summed E-state index contributed by atoms with van der Waals surface area (Å²) in [4.78, 5) is 29.0. The van der Waals surface area contributed by atoms with Crippen molar-refractivity contribution in [3.63, 3.8) is 0 Å². The molecule has 0 radical (unpaired) electrons. The molecule has 0 N–H and O–H groups in total. The van der Waals surface area contributed by atoms with E-state index in [-0.39, 0.29) is 11.8 Å². The molecular formula is C21H28N2O2. The molecule has 0 aromatic heterocycles. The Bertz CT molecular complexity index is 618. The summed E-state index contributed by atoms with van der Waals surface area (Å²) in [5, 5.41) is 0. The second-order valence-corrected chi connectivity index (χ2v) is 7.22. The normalized spacial score (nSPS) is 22.4. The number of nitrogens with zero attached hydrogens (tertiary/aromatic N) is 2. The van der Waals surface area contributed by atoms with Crippen molar-refractivity contribution >= 4 is 17.9 Å². The van der Waals surface area contributed by atoms with E-state index in [1.54, 1.807) is 6.08 Å². The van der Waals surface area contributed by atoms with Crippen LogP contribution in [0.5, 0.6) is 0 Å². The summed E-state index contributed by atoms with van der Waals surface area (Å²) in [6, 6.07) is 10.2. The lowest BCUT2D eigenvalue weighted by Gasteiger charge is -2.38. The van der Waals surface area contributed by atoms with E-state index in [4.69, 9.17) is 0 Å². The second-order valence-electron chi connectivity index (χ2n) is 7.22. The third-order valence-corrected chi connectivity index (χ3v) is 5.46. The third kappa shape index (κ3) is 4.50. The van der Waals surface area contributed by atoms with Crippen LogP contribution in [0, 0.1) is 5.92 Å². The average molecular weight is 340 g/mol. The van der Waals surface area contributed by atoms with Crippen molar-refractivity contribution in [3.05, 3.63) is 42.0 Å². The zero-order valence-electron chi connectivity index (χ0n) is 15.1. The minimum atomic E-state index is 0.0427. The van der Waals surface area contributed by atoms with Gasteiger partial charge in [-0.2, -0.15) is 0 Å². The number of hydrogen-bond donors (Lipinski definition) is 0. The molecular weight excluding hydrogens is 312 g/mol. The lowest BCUT2D eigenvalue weighted by molar-refractivity contribution is -0.142. The van der Waals surface area contributed by atoms with Crippen LogP contribution in [0.3, 0.4) is 0 Å². The fourth-order valence-electron chi connectivity index (χ4n) is 3.84. The first-order chi connectivity index (χ1) is 12.1. The fourth-order valence-corrected chi connectivity index (χ4v) is 3.84. The number of likely N-dealkylation sites (tertiary alicyclic amines) is 2. The summed E-state index contributed by atoms with van der Waals surface area (Å²) in [7, 11) is 0. The zero-order valence-corrected chi connectivity index (χ0v) is 15.1. The van der Waals surface area contributed by atoms with Gasteiger partial charge in [-0.25, -0.2) is 0 Å². The number of carbonyl (C=O) groups is 2. The molecule has 1 unspecified atom stereocenters. The van der Waals surface area contributed by atoms with Gasteiger partial charge in [0.2, 0.25) is 11.8 Å². The predicted octanol–water partition coefficient (Wildman–Crippen LogP) is 3.34. The van der Waals surface area contributed by atoms with Crippen molar-refractivity contribution in [1.82, 2.24) is 9.80 Å². The van der Waals surface area contributed by atoms with Gasteiger partial charge in [0.25, 0.3) is 0 Å². The standard InChI is InChI=1S/C21H28N2O2/c1-17-7-5-6-14-23(17)21(25)19-12-15-22(16-13-19)20(24)11-10-18-8-3-2-4-9-18/h2-4,8-11,17,19H,5-7,12-16H2,1H3/b11-10+. The lowest BCUT2D eigenvalue weighted by Crippen LogP contribution is -2.48. The van der Waals surface area contributed by atoms with E-state index >= 15 is 0 Å². The van der Waals surface area contributed by atoms with E-state index in [9.17, 15) is 9.59 Å². The molecule has 25 heavy (non-hydrogen) atoms. The van der Waals surface area contributed by atoms with E-state index in [0.717, 1.165) is 37.8 Å². The molecule has 2 fully saturated rings. The molecule has 0 bridgehead atoms. The molecule has 2 aliphatic heterocycles. The Labute approximate surface area is 150 Å². The smallest absolute Gasteiger partial charge is 0.246 e. The molecule has 4 nitrogen and oxygen atoms in total. The van der Waals surface area contributed by atoms with Crippen molar-refractivity contribution < 1.29 is 9.59 Å². The molecule has 2 amide bonds. The summed E-state index contributed by atoms with van der Waals surface area (Å²) in [5.74, 6) is 0.433.